The molecule has 1 fully saturated rings. The van der Waals surface area contributed by atoms with Crippen LogP contribution in [0.2, 0.25) is 0 Å². The summed E-state index contributed by atoms with van der Waals surface area (Å²) in [5, 5.41) is 6.36. The quantitative estimate of drug-likeness (QED) is 0.611. The Morgan fingerprint density at radius 3 is 2.92 bits per heavy atom. The van der Waals surface area contributed by atoms with Crippen LogP contribution >= 0.6 is 0 Å². The summed E-state index contributed by atoms with van der Waals surface area (Å²) in [6, 6.07) is 5.73. The second-order valence-electron chi connectivity index (χ2n) is 5.81. The molecule has 2 rings (SSSR count). The molecule has 0 spiro atoms. The summed E-state index contributed by atoms with van der Waals surface area (Å²) in [5.74, 6) is 0.646. The number of hydrogen-bond acceptors (Lipinski definition) is 3. The molecule has 2 N–H and O–H groups in total. The van der Waals surface area contributed by atoms with Gasteiger partial charge >= 0.3 is 6.18 Å². The van der Waals surface area contributed by atoms with Crippen molar-refractivity contribution in [2.45, 2.75) is 32.0 Å². The Labute approximate surface area is 140 Å². The molecule has 24 heavy (non-hydrogen) atoms. The van der Waals surface area contributed by atoms with Crippen LogP contribution in [0.25, 0.3) is 0 Å². The van der Waals surface area contributed by atoms with Gasteiger partial charge in [-0.3, -0.25) is 14.9 Å². The fourth-order valence-electron chi connectivity index (χ4n) is 2.69. The summed E-state index contributed by atoms with van der Waals surface area (Å²) < 4.78 is 37.3. The number of likely N-dealkylation sites (tertiary alicyclic amines) is 1. The maximum absolute atomic E-state index is 12.4. The van der Waals surface area contributed by atoms with Gasteiger partial charge in [-0.15, -0.1) is 0 Å². The van der Waals surface area contributed by atoms with Crippen molar-refractivity contribution >= 4 is 5.96 Å². The summed E-state index contributed by atoms with van der Waals surface area (Å²) in [6.07, 6.45) is -0.991. The van der Waals surface area contributed by atoms with E-state index in [0.29, 0.717) is 38.6 Å². The Bertz CT molecular complexity index is 518. The van der Waals surface area contributed by atoms with Crippen LogP contribution in [-0.2, 0) is 6.42 Å². The van der Waals surface area contributed by atoms with E-state index in [1.807, 2.05) is 25.1 Å². The van der Waals surface area contributed by atoms with Crippen molar-refractivity contribution in [3.05, 3.63) is 30.1 Å². The van der Waals surface area contributed by atoms with Gasteiger partial charge in [-0.05, 0) is 25.5 Å². The lowest BCUT2D eigenvalue weighted by Crippen LogP contribution is -2.45. The molecule has 8 heteroatoms. The largest absolute Gasteiger partial charge is 0.401 e. The molecule has 0 aliphatic carbocycles. The van der Waals surface area contributed by atoms with E-state index in [2.05, 4.69) is 20.6 Å². The van der Waals surface area contributed by atoms with Gasteiger partial charge in [-0.25, -0.2) is 0 Å². The maximum Gasteiger partial charge on any atom is 0.401 e. The summed E-state index contributed by atoms with van der Waals surface area (Å²) >= 11 is 0. The number of guanidine groups is 1. The minimum absolute atomic E-state index is 0.0139. The van der Waals surface area contributed by atoms with Gasteiger partial charge in [0.1, 0.15) is 0 Å². The highest BCUT2D eigenvalue weighted by Crippen LogP contribution is 2.19. The molecular weight excluding hydrogens is 319 g/mol. The van der Waals surface area contributed by atoms with Gasteiger partial charge in [0.2, 0.25) is 0 Å². The standard InChI is InChI=1S/C16H24F3N5/c1-2-20-15(22-9-6-13-5-3-4-8-21-13)23-14-7-10-24(11-14)12-16(17,18)19/h3-5,8,14H,2,6-7,9-12H2,1H3,(H2,20,22,23). The zero-order valence-electron chi connectivity index (χ0n) is 13.8. The van der Waals surface area contributed by atoms with E-state index in [1.165, 1.54) is 4.90 Å². The summed E-state index contributed by atoms with van der Waals surface area (Å²) in [4.78, 5) is 10.2. The fourth-order valence-corrected chi connectivity index (χ4v) is 2.69. The lowest BCUT2D eigenvalue weighted by Gasteiger charge is -2.19. The minimum atomic E-state index is -4.14. The van der Waals surface area contributed by atoms with Crippen LogP contribution in [0.5, 0.6) is 0 Å². The highest BCUT2D eigenvalue weighted by Gasteiger charge is 2.34. The Kier molecular flexibility index (Phi) is 6.84. The SMILES string of the molecule is CCNC(=NCCc1ccccn1)NC1CCN(CC(F)(F)F)C1. The Balaban J connectivity index is 1.81. The van der Waals surface area contributed by atoms with E-state index >= 15 is 0 Å². The van der Waals surface area contributed by atoms with E-state index < -0.39 is 12.7 Å². The second kappa shape index (κ2) is 8.86. The van der Waals surface area contributed by atoms with Gasteiger partial charge < -0.3 is 10.6 Å². The molecule has 1 aromatic heterocycles. The van der Waals surface area contributed by atoms with Gasteiger partial charge in [0.15, 0.2) is 5.96 Å². The van der Waals surface area contributed by atoms with Crippen molar-refractivity contribution in [3.8, 4) is 0 Å². The molecule has 5 nitrogen and oxygen atoms in total. The van der Waals surface area contributed by atoms with E-state index in [0.717, 1.165) is 12.1 Å². The average Bonchev–Trinajstić information content (AvgIpc) is 2.93. The number of nitrogens with zero attached hydrogens (tertiary/aromatic N) is 3. The normalized spacial score (nSPS) is 19.5. The highest BCUT2D eigenvalue weighted by molar-refractivity contribution is 5.80. The van der Waals surface area contributed by atoms with Gasteiger partial charge in [0, 0.05) is 50.5 Å². The smallest absolute Gasteiger partial charge is 0.357 e. The predicted molar refractivity (Wildman–Crippen MR) is 88.0 cm³/mol. The third-order valence-corrected chi connectivity index (χ3v) is 3.72. The lowest BCUT2D eigenvalue weighted by molar-refractivity contribution is -0.143. The number of nitrogens with one attached hydrogen (secondary N) is 2. The molecule has 0 aromatic carbocycles. The monoisotopic (exact) mass is 343 g/mol. The first-order valence-corrected chi connectivity index (χ1v) is 8.20. The van der Waals surface area contributed by atoms with E-state index in [1.54, 1.807) is 6.20 Å². The molecule has 1 aromatic rings. The third kappa shape index (κ3) is 6.74. The van der Waals surface area contributed by atoms with Gasteiger partial charge in [-0.2, -0.15) is 13.2 Å². The number of aromatic nitrogens is 1. The van der Waals surface area contributed by atoms with Crippen LogP contribution in [0.3, 0.4) is 0 Å². The van der Waals surface area contributed by atoms with Crippen LogP contribution in [0.4, 0.5) is 13.2 Å². The van der Waals surface area contributed by atoms with Crippen molar-refractivity contribution in [1.82, 2.24) is 20.5 Å². The molecule has 1 unspecified atom stereocenters. The molecule has 1 aliphatic heterocycles. The number of hydrogen-bond donors (Lipinski definition) is 2. The molecule has 1 aliphatic rings. The topological polar surface area (TPSA) is 52.6 Å². The first-order valence-electron chi connectivity index (χ1n) is 8.20. The van der Waals surface area contributed by atoms with Crippen molar-refractivity contribution in [2.75, 3.05) is 32.7 Å². The van der Waals surface area contributed by atoms with Gasteiger partial charge in [0.05, 0.1) is 6.54 Å². The van der Waals surface area contributed by atoms with Crippen molar-refractivity contribution in [3.63, 3.8) is 0 Å². The number of halogens is 3. The van der Waals surface area contributed by atoms with Crippen LogP contribution in [0.15, 0.2) is 29.4 Å². The first-order chi connectivity index (χ1) is 11.5. The third-order valence-electron chi connectivity index (χ3n) is 3.72. The highest BCUT2D eigenvalue weighted by atomic mass is 19.4. The van der Waals surface area contributed by atoms with Gasteiger partial charge in [0.25, 0.3) is 0 Å². The van der Waals surface area contributed by atoms with Crippen molar-refractivity contribution in [2.24, 2.45) is 4.99 Å². The molecule has 0 saturated carbocycles. The molecule has 0 bridgehead atoms. The zero-order chi connectivity index (χ0) is 17.4. The van der Waals surface area contributed by atoms with Crippen LogP contribution < -0.4 is 10.6 Å². The molecular formula is C16H24F3N5. The molecule has 2 heterocycles. The Morgan fingerprint density at radius 1 is 1.42 bits per heavy atom. The molecule has 1 atom stereocenters. The second-order valence-corrected chi connectivity index (χ2v) is 5.81. The van der Waals surface area contributed by atoms with E-state index in [-0.39, 0.29) is 6.04 Å². The van der Waals surface area contributed by atoms with Crippen molar-refractivity contribution < 1.29 is 13.2 Å². The van der Waals surface area contributed by atoms with E-state index in [9.17, 15) is 13.2 Å². The Morgan fingerprint density at radius 2 is 2.25 bits per heavy atom. The summed E-state index contributed by atoms with van der Waals surface area (Å²) in [5.41, 5.74) is 0.967. The first kappa shape index (κ1) is 18.5. The molecule has 134 valence electrons. The van der Waals surface area contributed by atoms with Crippen LogP contribution in [0, 0.1) is 0 Å². The van der Waals surface area contributed by atoms with Crippen molar-refractivity contribution in [1.29, 1.82) is 0 Å². The number of alkyl halides is 3. The molecule has 0 amide bonds. The van der Waals surface area contributed by atoms with Crippen LogP contribution in [0.1, 0.15) is 19.0 Å². The summed E-state index contributed by atoms with van der Waals surface area (Å²) in [6.45, 7) is 3.22. The fraction of sp³-hybridized carbons (Fsp3) is 0.625. The van der Waals surface area contributed by atoms with Crippen LogP contribution in [-0.4, -0.2) is 60.8 Å². The average molecular weight is 343 g/mol. The molecule has 1 saturated heterocycles. The predicted octanol–water partition coefficient (Wildman–Crippen LogP) is 1.82. The van der Waals surface area contributed by atoms with Gasteiger partial charge in [-0.1, -0.05) is 6.07 Å². The number of pyridine rings is 1. The maximum atomic E-state index is 12.4. The zero-order valence-corrected chi connectivity index (χ0v) is 13.8. The molecule has 0 radical (unpaired) electrons. The number of aliphatic imine (C=N–C) groups is 1. The van der Waals surface area contributed by atoms with E-state index in [4.69, 9.17) is 0 Å². The summed E-state index contributed by atoms with van der Waals surface area (Å²) in [7, 11) is 0. The Hall–Kier alpha value is -1.83. The minimum Gasteiger partial charge on any atom is -0.357 e. The lowest BCUT2D eigenvalue weighted by atomic mass is 10.2. The number of rotatable bonds is 6.